The largest absolute Gasteiger partial charge is 0.389 e. The number of anilines is 1. The average molecular weight is 561 g/mol. The van der Waals surface area contributed by atoms with Crippen molar-refractivity contribution in [2.45, 2.75) is 88.1 Å². The van der Waals surface area contributed by atoms with Gasteiger partial charge in [-0.1, -0.05) is 77.9 Å². The minimum atomic E-state index is -2.55. The molecule has 1 aromatic heterocycles. The number of nitrogens with zero attached hydrogens (tertiary/aromatic N) is 2. The summed E-state index contributed by atoms with van der Waals surface area (Å²) >= 11 is 0. The molecular weight excluding hydrogens is 520 g/mol. The topological polar surface area (TPSA) is 97.9 Å². The Labute approximate surface area is 236 Å². The summed E-state index contributed by atoms with van der Waals surface area (Å²) in [4.78, 5) is 34.9. The third-order valence-electron chi connectivity index (χ3n) is 9.90. The van der Waals surface area contributed by atoms with E-state index in [1.165, 1.54) is 9.80 Å². The predicted molar refractivity (Wildman–Crippen MR) is 158 cm³/mol. The van der Waals surface area contributed by atoms with Crippen LogP contribution in [-0.4, -0.2) is 65.2 Å². The van der Waals surface area contributed by atoms with Gasteiger partial charge >= 0.3 is 0 Å². The van der Waals surface area contributed by atoms with Gasteiger partial charge in [-0.2, -0.15) is 0 Å². The number of fused-ring (bicyclic) bond motifs is 6. The van der Waals surface area contributed by atoms with Crippen molar-refractivity contribution in [1.29, 1.82) is 0 Å². The summed E-state index contributed by atoms with van der Waals surface area (Å²) in [6, 6.07) is 16.0. The summed E-state index contributed by atoms with van der Waals surface area (Å²) in [5.41, 5.74) is 1.57. The molecular formula is C31H40N4O4Si. The molecule has 2 saturated heterocycles. The van der Waals surface area contributed by atoms with E-state index < -0.39 is 37.8 Å². The van der Waals surface area contributed by atoms with E-state index in [1.54, 1.807) is 7.05 Å². The molecule has 0 unspecified atom stereocenters. The van der Waals surface area contributed by atoms with Gasteiger partial charge in [0.15, 0.2) is 0 Å². The van der Waals surface area contributed by atoms with Crippen LogP contribution in [0.25, 0.3) is 10.9 Å². The van der Waals surface area contributed by atoms with Crippen molar-refractivity contribution in [3.05, 3.63) is 65.9 Å². The Morgan fingerprint density at radius 2 is 1.57 bits per heavy atom. The number of carbonyl (C=O) groups excluding carboxylic acids is 2. The van der Waals surface area contributed by atoms with Gasteiger partial charge in [-0.25, -0.2) is 0 Å². The van der Waals surface area contributed by atoms with Gasteiger partial charge in [0.05, 0.1) is 5.41 Å². The Balaban J connectivity index is 1.53. The number of nitrogens with one attached hydrogen (secondary N) is 2. The minimum Gasteiger partial charge on any atom is -0.389 e. The molecule has 212 valence electrons. The minimum absolute atomic E-state index is 0.0409. The van der Waals surface area contributed by atoms with Gasteiger partial charge in [0.25, 0.3) is 11.8 Å². The van der Waals surface area contributed by atoms with Gasteiger partial charge in [0.1, 0.15) is 6.17 Å². The van der Waals surface area contributed by atoms with Gasteiger partial charge in [-0.05, 0) is 39.9 Å². The Kier molecular flexibility index (Phi) is 6.04. The molecule has 0 bridgehead atoms. The van der Waals surface area contributed by atoms with Crippen molar-refractivity contribution in [2.24, 2.45) is 0 Å². The van der Waals surface area contributed by atoms with Crippen LogP contribution in [0.4, 0.5) is 5.69 Å². The maximum atomic E-state index is 14.6. The number of para-hydroxylation sites is 2. The van der Waals surface area contributed by atoms with E-state index in [4.69, 9.17) is 4.43 Å². The summed E-state index contributed by atoms with van der Waals surface area (Å²) in [6.07, 6.45) is 0.234. The van der Waals surface area contributed by atoms with Crippen molar-refractivity contribution >= 4 is 36.7 Å². The van der Waals surface area contributed by atoms with Crippen molar-refractivity contribution in [3.63, 3.8) is 0 Å². The van der Waals surface area contributed by atoms with Crippen molar-refractivity contribution in [2.75, 3.05) is 12.4 Å². The van der Waals surface area contributed by atoms with Gasteiger partial charge in [0, 0.05) is 36.3 Å². The van der Waals surface area contributed by atoms with E-state index >= 15 is 0 Å². The van der Waals surface area contributed by atoms with E-state index in [9.17, 15) is 14.7 Å². The maximum absolute atomic E-state index is 14.6. The fraction of sp³-hybridized carbons (Fsp3) is 0.484. The molecule has 4 heterocycles. The summed E-state index contributed by atoms with van der Waals surface area (Å²) in [5.74, 6) is -0.889. The quantitative estimate of drug-likeness (QED) is 0.364. The van der Waals surface area contributed by atoms with Crippen LogP contribution in [0, 0.1) is 0 Å². The fourth-order valence-corrected chi connectivity index (χ4v) is 13.8. The van der Waals surface area contributed by atoms with Crippen LogP contribution < -0.4 is 5.32 Å². The third-order valence-corrected chi connectivity index (χ3v) is 16.0. The number of aromatic amines is 1. The van der Waals surface area contributed by atoms with Gasteiger partial charge < -0.3 is 24.7 Å². The highest BCUT2D eigenvalue weighted by Gasteiger charge is 2.72. The number of hydrogen-bond donors (Lipinski definition) is 3. The molecule has 0 radical (unpaired) electrons. The number of aromatic nitrogens is 1. The summed E-state index contributed by atoms with van der Waals surface area (Å²) < 4.78 is 6.94. The zero-order chi connectivity index (χ0) is 28.8. The molecule has 0 aliphatic carbocycles. The second kappa shape index (κ2) is 8.93. The Morgan fingerprint density at radius 3 is 2.25 bits per heavy atom. The monoisotopic (exact) mass is 560 g/mol. The lowest BCUT2D eigenvalue weighted by molar-refractivity contribution is -0.205. The summed E-state index contributed by atoms with van der Waals surface area (Å²) in [5, 5.41) is 16.8. The molecule has 3 aromatic rings. The van der Waals surface area contributed by atoms with E-state index in [1.807, 2.05) is 54.7 Å². The van der Waals surface area contributed by atoms with Crippen molar-refractivity contribution in [1.82, 2.24) is 14.8 Å². The maximum Gasteiger partial charge on any atom is 0.278 e. The molecule has 3 aliphatic rings. The molecule has 0 saturated carbocycles. The highest BCUT2D eigenvalue weighted by molar-refractivity contribution is 6.77. The first-order valence-corrected chi connectivity index (χ1v) is 16.5. The number of rotatable bonds is 6. The van der Waals surface area contributed by atoms with Crippen LogP contribution in [0.2, 0.25) is 16.6 Å². The van der Waals surface area contributed by atoms with Gasteiger partial charge in [0.2, 0.25) is 20.3 Å². The molecule has 8 nitrogen and oxygen atoms in total. The summed E-state index contributed by atoms with van der Waals surface area (Å²) in [7, 11) is -0.959. The standard InChI is InChI=1S/C31H40N4O4Si/c1-18(2)40(19(3)4,20(5)6)39-27-26(36)35-28-30(17-31(35,38)29(37)34(27)7,22-13-9-11-15-25(22)33-28)23-16-32-24-14-10-8-12-21(23)24/h8-16,18-20,27-28,32-33,38H,17H2,1-7H3/t27-,28-,30-,31-/m1/s1. The van der Waals surface area contributed by atoms with Crippen molar-refractivity contribution < 1.29 is 19.1 Å². The first-order chi connectivity index (χ1) is 18.9. The molecule has 40 heavy (non-hydrogen) atoms. The second-order valence-electron chi connectivity index (χ2n) is 12.7. The predicted octanol–water partition coefficient (Wildman–Crippen LogP) is 5.12. The van der Waals surface area contributed by atoms with Gasteiger partial charge in [-0.15, -0.1) is 0 Å². The number of amides is 2. The number of likely N-dealkylation sites (N-methyl/N-ethyl adjacent to an activating group) is 1. The lowest BCUT2D eigenvalue weighted by Gasteiger charge is -2.51. The zero-order valence-corrected chi connectivity index (χ0v) is 25.4. The number of hydrogen-bond acceptors (Lipinski definition) is 5. The highest BCUT2D eigenvalue weighted by atomic mass is 28.4. The molecule has 3 N–H and O–H groups in total. The highest BCUT2D eigenvalue weighted by Crippen LogP contribution is 2.60. The lowest BCUT2D eigenvalue weighted by atomic mass is 9.71. The number of aliphatic hydroxyl groups is 1. The van der Waals surface area contributed by atoms with Crippen LogP contribution in [-0.2, 0) is 19.4 Å². The molecule has 2 fully saturated rings. The van der Waals surface area contributed by atoms with E-state index in [-0.39, 0.29) is 29.0 Å². The second-order valence-corrected chi connectivity index (χ2v) is 18.1. The summed E-state index contributed by atoms with van der Waals surface area (Å²) in [6.45, 7) is 12.9. The first-order valence-electron chi connectivity index (χ1n) is 14.3. The molecule has 0 spiro atoms. The number of benzene rings is 2. The van der Waals surface area contributed by atoms with Crippen LogP contribution in [0.3, 0.4) is 0 Å². The Bertz CT molecular complexity index is 1480. The molecule has 9 heteroatoms. The smallest absolute Gasteiger partial charge is 0.278 e. The van der Waals surface area contributed by atoms with E-state index in [0.29, 0.717) is 0 Å². The van der Waals surface area contributed by atoms with Crippen molar-refractivity contribution in [3.8, 4) is 0 Å². The molecule has 2 aromatic carbocycles. The van der Waals surface area contributed by atoms with E-state index in [2.05, 4.69) is 51.8 Å². The molecule has 6 rings (SSSR count). The molecule has 3 aliphatic heterocycles. The zero-order valence-electron chi connectivity index (χ0n) is 24.4. The molecule has 2 amide bonds. The first kappa shape index (κ1) is 27.0. The normalized spacial score (nSPS) is 28.1. The lowest BCUT2D eigenvalue weighted by Crippen LogP contribution is -2.72. The van der Waals surface area contributed by atoms with Crippen LogP contribution in [0.5, 0.6) is 0 Å². The third kappa shape index (κ3) is 3.25. The van der Waals surface area contributed by atoms with Crippen LogP contribution >= 0.6 is 0 Å². The number of H-pyrrole nitrogens is 1. The average Bonchev–Trinajstić information content (AvgIpc) is 3.54. The molecule has 4 atom stereocenters. The van der Waals surface area contributed by atoms with E-state index in [0.717, 1.165) is 27.7 Å². The Morgan fingerprint density at radius 1 is 0.950 bits per heavy atom. The Hall–Kier alpha value is -3.14. The number of piperazine rings is 1. The fourth-order valence-electron chi connectivity index (χ4n) is 8.30. The van der Waals surface area contributed by atoms with Gasteiger partial charge in [-0.3, -0.25) is 14.5 Å². The SMILES string of the molecule is CC(C)[Si](O[C@@H]1C(=O)N2[C@H]3Nc4ccccc4[C@@]3(c3c[nH]c4ccccc34)C[C@@]2(O)C(=O)N1C)(C(C)C)C(C)C. The van der Waals surface area contributed by atoms with Crippen LogP contribution in [0.1, 0.15) is 59.1 Å². The number of carbonyl (C=O) groups is 2. The van der Waals surface area contributed by atoms with Crippen LogP contribution in [0.15, 0.2) is 54.7 Å².